The van der Waals surface area contributed by atoms with Gasteiger partial charge in [-0.1, -0.05) is 12.1 Å². The SMILES string of the molecule is CC(CCCN)c1nc(C2CSCCN2C)no1. The highest BCUT2D eigenvalue weighted by atomic mass is 32.2. The van der Waals surface area contributed by atoms with Gasteiger partial charge in [-0.25, -0.2) is 0 Å². The van der Waals surface area contributed by atoms with Crippen LogP contribution < -0.4 is 5.73 Å². The molecule has 5 nitrogen and oxygen atoms in total. The third kappa shape index (κ3) is 3.24. The van der Waals surface area contributed by atoms with E-state index in [4.69, 9.17) is 10.3 Å². The zero-order valence-corrected chi connectivity index (χ0v) is 11.9. The molecule has 0 aliphatic carbocycles. The Balaban J connectivity index is 2.00. The summed E-state index contributed by atoms with van der Waals surface area (Å²) < 4.78 is 5.39. The van der Waals surface area contributed by atoms with Crippen LogP contribution in [0.1, 0.15) is 43.4 Å². The van der Waals surface area contributed by atoms with Crippen molar-refractivity contribution in [1.29, 1.82) is 0 Å². The molecule has 2 heterocycles. The van der Waals surface area contributed by atoms with Crippen LogP contribution >= 0.6 is 11.8 Å². The average molecular weight is 270 g/mol. The molecule has 0 spiro atoms. The smallest absolute Gasteiger partial charge is 0.229 e. The van der Waals surface area contributed by atoms with E-state index in [9.17, 15) is 0 Å². The third-order valence-corrected chi connectivity index (χ3v) is 4.44. The van der Waals surface area contributed by atoms with Gasteiger partial charge >= 0.3 is 0 Å². The Morgan fingerprint density at radius 2 is 2.44 bits per heavy atom. The van der Waals surface area contributed by atoms with Gasteiger partial charge in [0.05, 0.1) is 6.04 Å². The Kier molecular flexibility index (Phi) is 5.03. The molecule has 6 heteroatoms. The average Bonchev–Trinajstić information content (AvgIpc) is 2.86. The highest BCUT2D eigenvalue weighted by molar-refractivity contribution is 7.99. The Labute approximate surface area is 112 Å². The lowest BCUT2D eigenvalue weighted by Gasteiger charge is -2.29. The summed E-state index contributed by atoms with van der Waals surface area (Å²) in [6.45, 7) is 3.92. The molecule has 1 aliphatic rings. The monoisotopic (exact) mass is 270 g/mol. The van der Waals surface area contributed by atoms with Gasteiger partial charge in [0.25, 0.3) is 0 Å². The summed E-state index contributed by atoms with van der Waals surface area (Å²) in [5, 5.41) is 4.15. The van der Waals surface area contributed by atoms with Gasteiger partial charge in [0.2, 0.25) is 5.89 Å². The quantitative estimate of drug-likeness (QED) is 0.877. The molecule has 0 bridgehead atoms. The number of nitrogens with two attached hydrogens (primary N) is 1. The largest absolute Gasteiger partial charge is 0.339 e. The fraction of sp³-hybridized carbons (Fsp3) is 0.833. The Morgan fingerprint density at radius 1 is 1.61 bits per heavy atom. The summed E-state index contributed by atoms with van der Waals surface area (Å²) in [6, 6.07) is 0.294. The first-order valence-corrected chi connectivity index (χ1v) is 7.69. The van der Waals surface area contributed by atoms with E-state index in [-0.39, 0.29) is 0 Å². The fourth-order valence-electron chi connectivity index (χ4n) is 2.09. The van der Waals surface area contributed by atoms with Crippen molar-refractivity contribution in [1.82, 2.24) is 15.0 Å². The molecule has 2 unspecified atom stereocenters. The van der Waals surface area contributed by atoms with Gasteiger partial charge in [-0.3, -0.25) is 4.90 Å². The van der Waals surface area contributed by atoms with Gasteiger partial charge in [0, 0.05) is 24.0 Å². The van der Waals surface area contributed by atoms with E-state index in [0.29, 0.717) is 18.5 Å². The topological polar surface area (TPSA) is 68.2 Å². The van der Waals surface area contributed by atoms with Crippen LogP contribution in [0.5, 0.6) is 0 Å². The van der Waals surface area contributed by atoms with E-state index in [1.807, 2.05) is 11.8 Å². The van der Waals surface area contributed by atoms with Crippen molar-refractivity contribution in [3.05, 3.63) is 11.7 Å². The Bertz CT molecular complexity index is 371. The molecule has 0 saturated carbocycles. The second-order valence-electron chi connectivity index (χ2n) is 4.89. The van der Waals surface area contributed by atoms with Crippen molar-refractivity contribution >= 4 is 11.8 Å². The van der Waals surface area contributed by atoms with Crippen molar-refractivity contribution in [2.45, 2.75) is 31.7 Å². The lowest BCUT2D eigenvalue weighted by Crippen LogP contribution is -2.33. The van der Waals surface area contributed by atoms with Crippen molar-refractivity contribution in [3.8, 4) is 0 Å². The maximum atomic E-state index is 5.52. The number of rotatable bonds is 5. The number of aromatic nitrogens is 2. The predicted octanol–water partition coefficient (Wildman–Crippen LogP) is 1.63. The van der Waals surface area contributed by atoms with E-state index in [2.05, 4.69) is 29.0 Å². The Hall–Kier alpha value is -0.590. The molecule has 102 valence electrons. The maximum Gasteiger partial charge on any atom is 0.229 e. The minimum atomic E-state index is 0.294. The van der Waals surface area contributed by atoms with Gasteiger partial charge in [-0.15, -0.1) is 0 Å². The van der Waals surface area contributed by atoms with Crippen LogP contribution in [0.4, 0.5) is 0 Å². The lowest BCUT2D eigenvalue weighted by atomic mass is 10.1. The number of hydrogen-bond acceptors (Lipinski definition) is 6. The summed E-state index contributed by atoms with van der Waals surface area (Å²) in [5.74, 6) is 4.12. The molecule has 0 aromatic carbocycles. The number of nitrogens with zero attached hydrogens (tertiary/aromatic N) is 3. The predicted molar refractivity (Wildman–Crippen MR) is 73.7 cm³/mol. The zero-order chi connectivity index (χ0) is 13.0. The fourth-order valence-corrected chi connectivity index (χ4v) is 3.30. The maximum absolute atomic E-state index is 5.52. The molecule has 1 aromatic rings. The summed E-state index contributed by atoms with van der Waals surface area (Å²) in [4.78, 5) is 6.86. The molecular formula is C12H22N4OS. The second kappa shape index (κ2) is 6.54. The normalized spacial score (nSPS) is 23.2. The van der Waals surface area contributed by atoms with E-state index in [1.165, 1.54) is 5.75 Å². The molecule has 1 aromatic heterocycles. The van der Waals surface area contributed by atoms with Gasteiger partial charge < -0.3 is 10.3 Å². The molecular weight excluding hydrogens is 248 g/mol. The van der Waals surface area contributed by atoms with Gasteiger partial charge in [0.1, 0.15) is 0 Å². The highest BCUT2D eigenvalue weighted by Crippen LogP contribution is 2.27. The third-order valence-electron chi connectivity index (χ3n) is 3.41. The van der Waals surface area contributed by atoms with Crippen LogP contribution in [0, 0.1) is 0 Å². The van der Waals surface area contributed by atoms with E-state index < -0.39 is 0 Å². The molecule has 18 heavy (non-hydrogen) atoms. The molecule has 2 rings (SSSR count). The molecule has 1 fully saturated rings. The minimum absolute atomic E-state index is 0.294. The van der Waals surface area contributed by atoms with Crippen LogP contribution in [0.15, 0.2) is 4.52 Å². The summed E-state index contributed by atoms with van der Waals surface area (Å²) in [6.07, 6.45) is 2.01. The molecule has 1 saturated heterocycles. The Morgan fingerprint density at radius 3 is 3.17 bits per heavy atom. The molecule has 1 aliphatic heterocycles. The van der Waals surface area contributed by atoms with Crippen LogP contribution in [-0.4, -0.2) is 46.7 Å². The van der Waals surface area contributed by atoms with Gasteiger partial charge in [-0.2, -0.15) is 16.7 Å². The second-order valence-corrected chi connectivity index (χ2v) is 6.04. The summed E-state index contributed by atoms with van der Waals surface area (Å²) >= 11 is 1.95. The number of thioether (sulfide) groups is 1. The zero-order valence-electron chi connectivity index (χ0n) is 11.1. The lowest BCUT2D eigenvalue weighted by molar-refractivity contribution is 0.256. The van der Waals surface area contributed by atoms with Crippen LogP contribution in [0.3, 0.4) is 0 Å². The van der Waals surface area contributed by atoms with Crippen molar-refractivity contribution < 1.29 is 4.52 Å². The summed E-state index contributed by atoms with van der Waals surface area (Å²) in [5.41, 5.74) is 5.52. The van der Waals surface area contributed by atoms with E-state index >= 15 is 0 Å². The molecule has 0 amide bonds. The van der Waals surface area contributed by atoms with Gasteiger partial charge in [0.15, 0.2) is 5.82 Å². The van der Waals surface area contributed by atoms with Crippen LogP contribution in [0.25, 0.3) is 0 Å². The van der Waals surface area contributed by atoms with Crippen molar-refractivity contribution in [3.63, 3.8) is 0 Å². The minimum Gasteiger partial charge on any atom is -0.339 e. The number of hydrogen-bond donors (Lipinski definition) is 1. The molecule has 2 N–H and O–H groups in total. The van der Waals surface area contributed by atoms with E-state index in [0.717, 1.165) is 36.9 Å². The summed E-state index contributed by atoms with van der Waals surface area (Å²) in [7, 11) is 2.12. The standard InChI is InChI=1S/C12H22N4OS/c1-9(4-3-5-13)12-14-11(15-17-12)10-8-18-7-6-16(10)2/h9-10H,3-8,13H2,1-2H3. The van der Waals surface area contributed by atoms with Crippen molar-refractivity contribution in [2.24, 2.45) is 5.73 Å². The van der Waals surface area contributed by atoms with Crippen molar-refractivity contribution in [2.75, 3.05) is 31.6 Å². The molecule has 0 radical (unpaired) electrons. The first kappa shape index (κ1) is 13.8. The highest BCUT2D eigenvalue weighted by Gasteiger charge is 2.26. The van der Waals surface area contributed by atoms with E-state index in [1.54, 1.807) is 0 Å². The van der Waals surface area contributed by atoms with Crippen LogP contribution in [-0.2, 0) is 0 Å². The van der Waals surface area contributed by atoms with Crippen LogP contribution in [0.2, 0.25) is 0 Å². The molecule has 2 atom stereocenters. The van der Waals surface area contributed by atoms with Gasteiger partial charge in [-0.05, 0) is 26.4 Å². The first-order valence-electron chi connectivity index (χ1n) is 6.54. The first-order chi connectivity index (χ1) is 8.72.